The third-order valence-corrected chi connectivity index (χ3v) is 5.81. The van der Waals surface area contributed by atoms with E-state index in [0.29, 0.717) is 17.9 Å². The van der Waals surface area contributed by atoms with Gasteiger partial charge < -0.3 is 28.4 Å². The Morgan fingerprint density at radius 3 is 2.18 bits per heavy atom. The van der Waals surface area contributed by atoms with Crippen molar-refractivity contribution in [2.24, 2.45) is 10.2 Å². The Bertz CT molecular complexity index is 1050. The van der Waals surface area contributed by atoms with Crippen LogP contribution in [0.4, 0.5) is 11.4 Å². The van der Waals surface area contributed by atoms with Gasteiger partial charge in [0.25, 0.3) is 0 Å². The molecule has 0 spiro atoms. The summed E-state index contributed by atoms with van der Waals surface area (Å²) in [6.07, 6.45) is -2.97. The zero-order valence-electron chi connectivity index (χ0n) is 19.5. The Hall–Kier alpha value is -2.69. The van der Waals surface area contributed by atoms with Crippen LogP contribution < -0.4 is 0 Å². The lowest BCUT2D eigenvalue weighted by molar-refractivity contribution is -0.232. The number of rotatable bonds is 5. The fourth-order valence-electron chi connectivity index (χ4n) is 4.28. The van der Waals surface area contributed by atoms with Crippen LogP contribution in [0, 0.1) is 0 Å². The van der Waals surface area contributed by atoms with E-state index in [2.05, 4.69) is 10.2 Å². The largest absolute Gasteiger partial charge is 0.453 e. The molecule has 9 nitrogen and oxygen atoms in total. The highest BCUT2D eigenvalue weighted by molar-refractivity contribution is 5.90. The first-order chi connectivity index (χ1) is 16.2. The molecule has 34 heavy (non-hydrogen) atoms. The van der Waals surface area contributed by atoms with Crippen molar-refractivity contribution in [3.8, 4) is 0 Å². The zero-order chi connectivity index (χ0) is 23.9. The molecule has 0 N–H and O–H groups in total. The average molecular weight is 469 g/mol. The molecule has 0 amide bonds. The number of ether oxygens (including phenoxy) is 6. The van der Waals surface area contributed by atoms with Gasteiger partial charge in [-0.15, -0.1) is 0 Å². The highest BCUT2D eigenvalue weighted by Crippen LogP contribution is 2.42. The summed E-state index contributed by atoms with van der Waals surface area (Å²) in [6, 6.07) is 16.1. The van der Waals surface area contributed by atoms with Crippen molar-refractivity contribution < 1.29 is 33.2 Å². The lowest BCUT2D eigenvalue weighted by Crippen LogP contribution is -2.45. The van der Waals surface area contributed by atoms with Gasteiger partial charge in [-0.1, -0.05) is 18.2 Å². The Morgan fingerprint density at radius 2 is 1.53 bits per heavy atom. The lowest BCUT2D eigenvalue weighted by Gasteiger charge is -2.28. The van der Waals surface area contributed by atoms with Crippen molar-refractivity contribution in [2.45, 2.75) is 70.0 Å². The third kappa shape index (κ3) is 4.89. The van der Waals surface area contributed by atoms with Crippen molar-refractivity contribution in [3.05, 3.63) is 60.2 Å². The molecule has 3 heterocycles. The number of hydrogen-bond acceptors (Lipinski definition) is 9. The molecule has 180 valence electrons. The summed E-state index contributed by atoms with van der Waals surface area (Å²) < 4.78 is 35.5. The molecule has 3 saturated heterocycles. The molecular formula is C25H28N2O7. The Morgan fingerprint density at radius 1 is 0.853 bits per heavy atom. The fraction of sp³-hybridized carbons (Fsp3) is 0.480. The number of esters is 1. The van der Waals surface area contributed by atoms with Crippen molar-refractivity contribution >= 4 is 17.3 Å². The Balaban J connectivity index is 1.29. The summed E-state index contributed by atoms with van der Waals surface area (Å²) in [5.74, 6) is -2.09. The first-order valence-corrected chi connectivity index (χ1v) is 11.3. The molecular weight excluding hydrogens is 440 g/mol. The minimum absolute atomic E-state index is 0.315. The zero-order valence-corrected chi connectivity index (χ0v) is 19.5. The third-order valence-electron chi connectivity index (χ3n) is 5.81. The summed E-state index contributed by atoms with van der Waals surface area (Å²) in [5, 5.41) is 8.39. The van der Waals surface area contributed by atoms with Crippen LogP contribution in [0.2, 0.25) is 0 Å². The second kappa shape index (κ2) is 8.83. The SMILES string of the molecule is CC1(C)O[C@H]2O[C@H]([C@H]3COC(C)(C)O3)[C@H](OC(=O)c3ccc(N=Nc4ccccc4)cc3)[C@H]2O1. The predicted molar refractivity (Wildman–Crippen MR) is 120 cm³/mol. The van der Waals surface area contributed by atoms with Gasteiger partial charge in [0.15, 0.2) is 30.1 Å². The molecule has 3 fully saturated rings. The summed E-state index contributed by atoms with van der Waals surface area (Å²) in [7, 11) is 0. The van der Waals surface area contributed by atoms with Crippen LogP contribution in [-0.4, -0.2) is 54.9 Å². The van der Waals surface area contributed by atoms with Gasteiger partial charge in [0.05, 0.1) is 23.5 Å². The molecule has 2 aromatic carbocycles. The monoisotopic (exact) mass is 468 g/mol. The van der Waals surface area contributed by atoms with Crippen molar-refractivity contribution in [1.82, 2.24) is 0 Å². The summed E-state index contributed by atoms with van der Waals surface area (Å²) in [5.41, 5.74) is 1.74. The maximum Gasteiger partial charge on any atom is 0.338 e. The molecule has 2 aromatic rings. The average Bonchev–Trinajstić information content (AvgIpc) is 3.42. The van der Waals surface area contributed by atoms with Crippen LogP contribution in [-0.2, 0) is 28.4 Å². The van der Waals surface area contributed by atoms with Crippen LogP contribution in [0.5, 0.6) is 0 Å². The molecule has 3 aliphatic rings. The number of carbonyl (C=O) groups excluding carboxylic acids is 1. The van der Waals surface area contributed by atoms with Crippen LogP contribution >= 0.6 is 0 Å². The van der Waals surface area contributed by atoms with Gasteiger partial charge in [0, 0.05) is 0 Å². The normalized spacial score (nSPS) is 31.6. The van der Waals surface area contributed by atoms with E-state index in [4.69, 9.17) is 28.4 Å². The van der Waals surface area contributed by atoms with Gasteiger partial charge in [0.2, 0.25) is 0 Å². The molecule has 9 heteroatoms. The van der Waals surface area contributed by atoms with Gasteiger partial charge in [-0.25, -0.2) is 4.79 Å². The number of azo groups is 1. The summed E-state index contributed by atoms with van der Waals surface area (Å²) in [4.78, 5) is 13.0. The van der Waals surface area contributed by atoms with E-state index >= 15 is 0 Å². The number of nitrogens with zero attached hydrogens (tertiary/aromatic N) is 2. The number of fused-ring (bicyclic) bond motifs is 1. The quantitative estimate of drug-likeness (QED) is 0.465. The molecule has 3 aliphatic heterocycles. The van der Waals surface area contributed by atoms with Crippen LogP contribution in [0.15, 0.2) is 64.8 Å². The molecule has 0 unspecified atom stereocenters. The second-order valence-corrected chi connectivity index (χ2v) is 9.39. The van der Waals surface area contributed by atoms with E-state index < -0.39 is 48.2 Å². The highest BCUT2D eigenvalue weighted by atomic mass is 16.8. The smallest absolute Gasteiger partial charge is 0.338 e. The molecule has 0 bridgehead atoms. The lowest BCUT2D eigenvalue weighted by atomic mass is 10.1. The van der Waals surface area contributed by atoms with Gasteiger partial charge in [-0.3, -0.25) is 0 Å². The van der Waals surface area contributed by atoms with Crippen LogP contribution in [0.1, 0.15) is 38.1 Å². The molecule has 5 rings (SSSR count). The van der Waals surface area contributed by atoms with Gasteiger partial charge in [0.1, 0.15) is 12.2 Å². The van der Waals surface area contributed by atoms with Crippen molar-refractivity contribution in [3.63, 3.8) is 0 Å². The predicted octanol–water partition coefficient (Wildman–Crippen LogP) is 4.66. The molecule has 0 radical (unpaired) electrons. The minimum atomic E-state index is -0.845. The van der Waals surface area contributed by atoms with E-state index in [1.165, 1.54) is 0 Å². The second-order valence-electron chi connectivity index (χ2n) is 9.39. The van der Waals surface area contributed by atoms with Crippen molar-refractivity contribution in [2.75, 3.05) is 6.61 Å². The fourth-order valence-corrected chi connectivity index (χ4v) is 4.28. The topological polar surface area (TPSA) is 97.2 Å². The Labute approximate surface area is 198 Å². The maximum absolute atomic E-state index is 13.0. The van der Waals surface area contributed by atoms with E-state index in [1.54, 1.807) is 38.1 Å². The number of carbonyl (C=O) groups is 1. The van der Waals surface area contributed by atoms with E-state index in [0.717, 1.165) is 5.69 Å². The molecule has 0 aliphatic carbocycles. The van der Waals surface area contributed by atoms with E-state index in [9.17, 15) is 4.79 Å². The number of benzene rings is 2. The number of hydrogen-bond donors (Lipinski definition) is 0. The van der Waals surface area contributed by atoms with Gasteiger partial charge in [-0.05, 0) is 64.1 Å². The van der Waals surface area contributed by atoms with Crippen LogP contribution in [0.25, 0.3) is 0 Å². The van der Waals surface area contributed by atoms with Gasteiger partial charge >= 0.3 is 5.97 Å². The first kappa shape index (κ1) is 23.1. The van der Waals surface area contributed by atoms with E-state index in [1.807, 2.05) is 44.2 Å². The standard InChI is InChI=1S/C25H28N2O7/c1-24(2)29-14-18(32-24)19-20(21-23(31-19)34-25(3,4)33-21)30-22(28)15-10-12-17(13-11-15)27-26-16-8-6-5-7-9-16/h5-13,18-21,23H,14H2,1-4H3/t18-,19-,20+,21-,23-/m1/s1. The molecule has 5 atom stereocenters. The first-order valence-electron chi connectivity index (χ1n) is 11.3. The van der Waals surface area contributed by atoms with Crippen molar-refractivity contribution in [1.29, 1.82) is 0 Å². The molecule has 0 aromatic heterocycles. The summed E-state index contributed by atoms with van der Waals surface area (Å²) in [6.45, 7) is 7.57. The van der Waals surface area contributed by atoms with Gasteiger partial charge in [-0.2, -0.15) is 10.2 Å². The Kier molecular flexibility index (Phi) is 5.99. The van der Waals surface area contributed by atoms with E-state index in [-0.39, 0.29) is 0 Å². The summed E-state index contributed by atoms with van der Waals surface area (Å²) >= 11 is 0. The highest BCUT2D eigenvalue weighted by Gasteiger charge is 2.60. The maximum atomic E-state index is 13.0. The van der Waals surface area contributed by atoms with Crippen LogP contribution in [0.3, 0.4) is 0 Å². The minimum Gasteiger partial charge on any atom is -0.453 e. The molecule has 0 saturated carbocycles.